The van der Waals surface area contributed by atoms with Crippen LogP contribution >= 0.6 is 11.3 Å². The summed E-state index contributed by atoms with van der Waals surface area (Å²) in [6.07, 6.45) is 0.852. The summed E-state index contributed by atoms with van der Waals surface area (Å²) >= 11 is 1.51. The van der Waals surface area contributed by atoms with Crippen molar-refractivity contribution in [1.82, 2.24) is 9.80 Å². The monoisotopic (exact) mass is 306 g/mol. The Balaban J connectivity index is 2.06. The average molecular weight is 306 g/mol. The van der Waals surface area contributed by atoms with E-state index in [2.05, 4.69) is 11.8 Å². The summed E-state index contributed by atoms with van der Waals surface area (Å²) in [7, 11) is 0. The molecule has 1 aliphatic rings. The maximum Gasteiger partial charge on any atom is 0.312 e. The van der Waals surface area contributed by atoms with E-state index in [-0.39, 0.29) is 6.61 Å². The number of hydrogen-bond donors (Lipinski definition) is 1. The molecule has 0 radical (unpaired) electrons. The molecule has 6 heteroatoms. The molecule has 1 aliphatic heterocycles. The Labute approximate surface area is 128 Å². The minimum atomic E-state index is -0.441. The van der Waals surface area contributed by atoms with Gasteiger partial charge in [-0.05, 0) is 17.9 Å². The van der Waals surface area contributed by atoms with Gasteiger partial charge in [0.25, 0.3) is 0 Å². The normalized spacial score (nSPS) is 15.1. The lowest BCUT2D eigenvalue weighted by molar-refractivity contribution is -0.156. The van der Waals surface area contributed by atoms with E-state index in [4.69, 9.17) is 5.11 Å². The van der Waals surface area contributed by atoms with E-state index in [1.807, 2.05) is 18.4 Å². The number of thiophene rings is 1. The molecular formula is C15H18N2O3S. The summed E-state index contributed by atoms with van der Waals surface area (Å²) in [4.78, 5) is 28.2. The van der Waals surface area contributed by atoms with Crippen LogP contribution in [-0.2, 0) is 16.1 Å². The van der Waals surface area contributed by atoms with E-state index in [1.165, 1.54) is 11.3 Å². The molecule has 0 unspecified atom stereocenters. The lowest BCUT2D eigenvalue weighted by Gasteiger charge is -2.33. The Morgan fingerprint density at radius 3 is 2.71 bits per heavy atom. The van der Waals surface area contributed by atoms with Crippen LogP contribution in [0.25, 0.3) is 0 Å². The number of amides is 2. The van der Waals surface area contributed by atoms with Crippen LogP contribution in [0.5, 0.6) is 0 Å². The third-order valence-corrected chi connectivity index (χ3v) is 4.18. The smallest absolute Gasteiger partial charge is 0.312 e. The first-order valence-corrected chi connectivity index (χ1v) is 7.79. The van der Waals surface area contributed by atoms with Crippen LogP contribution in [0.2, 0.25) is 0 Å². The summed E-state index contributed by atoms with van der Waals surface area (Å²) in [5.74, 6) is 4.62. The van der Waals surface area contributed by atoms with E-state index < -0.39 is 11.8 Å². The standard InChI is InChI=1S/C15H18N2O3S/c1-2-6-16-7-8-17(15(20)14(16)19)11-13-12(4-3-9-18)5-10-21-13/h5,10,18H,2,6-9,11H2,1H3. The van der Waals surface area contributed by atoms with Crippen LogP contribution in [0.3, 0.4) is 0 Å². The third kappa shape index (κ3) is 3.63. The zero-order valence-corrected chi connectivity index (χ0v) is 12.8. The molecule has 5 nitrogen and oxygen atoms in total. The molecule has 1 aromatic heterocycles. The molecule has 2 heterocycles. The quantitative estimate of drug-likeness (QED) is 0.657. The van der Waals surface area contributed by atoms with Crippen molar-refractivity contribution in [3.63, 3.8) is 0 Å². The number of piperazine rings is 1. The van der Waals surface area contributed by atoms with Gasteiger partial charge in [-0.1, -0.05) is 18.8 Å². The highest BCUT2D eigenvalue weighted by atomic mass is 32.1. The van der Waals surface area contributed by atoms with Crippen LogP contribution < -0.4 is 0 Å². The lowest BCUT2D eigenvalue weighted by Crippen LogP contribution is -2.53. The number of nitrogens with zero attached hydrogens (tertiary/aromatic N) is 2. The number of carbonyl (C=O) groups excluding carboxylic acids is 2. The van der Waals surface area contributed by atoms with Crippen LogP contribution in [0.1, 0.15) is 23.8 Å². The molecule has 1 saturated heterocycles. The molecule has 1 fully saturated rings. The summed E-state index contributed by atoms with van der Waals surface area (Å²) in [5, 5.41) is 10.6. The molecule has 1 aromatic rings. The van der Waals surface area contributed by atoms with Gasteiger partial charge >= 0.3 is 11.8 Å². The molecule has 0 atom stereocenters. The lowest BCUT2D eigenvalue weighted by atomic mass is 10.2. The summed E-state index contributed by atoms with van der Waals surface area (Å²) < 4.78 is 0. The number of aliphatic hydroxyl groups is 1. The second kappa shape index (κ2) is 7.25. The van der Waals surface area contributed by atoms with Crippen molar-refractivity contribution in [3.05, 3.63) is 21.9 Å². The van der Waals surface area contributed by atoms with Crippen molar-refractivity contribution < 1.29 is 14.7 Å². The Hall–Kier alpha value is -1.84. The predicted octanol–water partition coefficient (Wildman–Crippen LogP) is 0.673. The van der Waals surface area contributed by atoms with Gasteiger partial charge in [0.05, 0.1) is 6.54 Å². The molecule has 1 N–H and O–H groups in total. The topological polar surface area (TPSA) is 60.9 Å². The number of rotatable bonds is 4. The molecule has 0 spiro atoms. The molecular weight excluding hydrogens is 288 g/mol. The summed E-state index contributed by atoms with van der Waals surface area (Å²) in [6, 6.07) is 1.86. The second-order valence-corrected chi connectivity index (χ2v) is 5.74. The van der Waals surface area contributed by atoms with Crippen LogP contribution in [0, 0.1) is 11.8 Å². The van der Waals surface area contributed by atoms with Crippen molar-refractivity contribution in [2.75, 3.05) is 26.2 Å². The molecule has 2 amide bonds. The molecule has 21 heavy (non-hydrogen) atoms. The number of hydrogen-bond acceptors (Lipinski definition) is 4. The van der Waals surface area contributed by atoms with Crippen molar-refractivity contribution in [2.24, 2.45) is 0 Å². The van der Waals surface area contributed by atoms with Gasteiger partial charge in [0, 0.05) is 30.1 Å². The number of carbonyl (C=O) groups is 2. The Morgan fingerprint density at radius 2 is 2.00 bits per heavy atom. The van der Waals surface area contributed by atoms with Gasteiger partial charge in [-0.25, -0.2) is 0 Å². The van der Waals surface area contributed by atoms with Crippen LogP contribution in [0.4, 0.5) is 0 Å². The summed E-state index contributed by atoms with van der Waals surface area (Å²) in [5.41, 5.74) is 0.810. The van der Waals surface area contributed by atoms with Gasteiger partial charge < -0.3 is 14.9 Å². The fraction of sp³-hybridized carbons (Fsp3) is 0.467. The van der Waals surface area contributed by atoms with E-state index in [0.717, 1.165) is 16.9 Å². The maximum atomic E-state index is 12.1. The van der Waals surface area contributed by atoms with Gasteiger partial charge in [-0.15, -0.1) is 11.3 Å². The fourth-order valence-corrected chi connectivity index (χ4v) is 3.08. The van der Waals surface area contributed by atoms with E-state index in [9.17, 15) is 9.59 Å². The SMILES string of the molecule is CCCN1CCN(Cc2sccc2C#CCO)C(=O)C1=O. The molecule has 0 aromatic carbocycles. The van der Waals surface area contributed by atoms with Crippen molar-refractivity contribution >= 4 is 23.2 Å². The first-order chi connectivity index (χ1) is 10.2. The molecule has 112 valence electrons. The Kier molecular flexibility index (Phi) is 5.37. The molecule has 0 saturated carbocycles. The third-order valence-electron chi connectivity index (χ3n) is 3.27. The minimum Gasteiger partial charge on any atom is -0.384 e. The zero-order chi connectivity index (χ0) is 15.2. The zero-order valence-electron chi connectivity index (χ0n) is 12.0. The van der Waals surface area contributed by atoms with Gasteiger partial charge in [-0.3, -0.25) is 9.59 Å². The average Bonchev–Trinajstić information content (AvgIpc) is 2.92. The first-order valence-electron chi connectivity index (χ1n) is 6.91. The van der Waals surface area contributed by atoms with Crippen molar-refractivity contribution in [1.29, 1.82) is 0 Å². The van der Waals surface area contributed by atoms with Crippen molar-refractivity contribution in [3.8, 4) is 11.8 Å². The van der Waals surface area contributed by atoms with Gasteiger partial charge in [0.2, 0.25) is 0 Å². The molecule has 0 bridgehead atoms. The Bertz CT molecular complexity index is 585. The highest BCUT2D eigenvalue weighted by Crippen LogP contribution is 2.19. The molecule has 0 aliphatic carbocycles. The Morgan fingerprint density at radius 1 is 1.29 bits per heavy atom. The van der Waals surface area contributed by atoms with Crippen LogP contribution in [0.15, 0.2) is 11.4 Å². The summed E-state index contributed by atoms with van der Waals surface area (Å²) in [6.45, 7) is 3.96. The van der Waals surface area contributed by atoms with E-state index in [0.29, 0.717) is 26.2 Å². The highest BCUT2D eigenvalue weighted by Gasteiger charge is 2.32. The fourth-order valence-electron chi connectivity index (χ4n) is 2.23. The van der Waals surface area contributed by atoms with Gasteiger partial charge in [0.1, 0.15) is 6.61 Å². The first kappa shape index (κ1) is 15.5. The highest BCUT2D eigenvalue weighted by molar-refractivity contribution is 7.10. The minimum absolute atomic E-state index is 0.192. The predicted molar refractivity (Wildman–Crippen MR) is 80.6 cm³/mol. The van der Waals surface area contributed by atoms with Gasteiger partial charge in [-0.2, -0.15) is 0 Å². The van der Waals surface area contributed by atoms with Crippen molar-refractivity contribution in [2.45, 2.75) is 19.9 Å². The maximum absolute atomic E-state index is 12.1. The van der Waals surface area contributed by atoms with E-state index >= 15 is 0 Å². The molecule has 2 rings (SSSR count). The number of aliphatic hydroxyl groups excluding tert-OH is 1. The van der Waals surface area contributed by atoms with E-state index in [1.54, 1.807) is 9.80 Å². The van der Waals surface area contributed by atoms with Crippen LogP contribution in [-0.4, -0.2) is 53.0 Å². The largest absolute Gasteiger partial charge is 0.384 e. The van der Waals surface area contributed by atoms with Gasteiger partial charge in [0.15, 0.2) is 0 Å². The second-order valence-electron chi connectivity index (χ2n) is 4.74.